The van der Waals surface area contributed by atoms with Gasteiger partial charge in [0.1, 0.15) is 11.6 Å². The van der Waals surface area contributed by atoms with Gasteiger partial charge in [0.2, 0.25) is 6.29 Å². The van der Waals surface area contributed by atoms with Gasteiger partial charge in [0, 0.05) is 22.6 Å². The normalized spacial score (nSPS) is 18.0. The van der Waals surface area contributed by atoms with E-state index in [2.05, 4.69) is 11.8 Å². The Morgan fingerprint density at radius 3 is 2.00 bits per heavy atom. The topological polar surface area (TPSA) is 18.5 Å². The number of hydrogen-bond donors (Lipinski definition) is 0. The third kappa shape index (κ3) is 4.92. The van der Waals surface area contributed by atoms with Crippen LogP contribution in [0.25, 0.3) is 22.3 Å². The molecule has 0 amide bonds. The van der Waals surface area contributed by atoms with Gasteiger partial charge in [0.05, 0.1) is 13.2 Å². The Morgan fingerprint density at radius 2 is 1.36 bits per heavy atom. The standard InChI is InChI=1S/C26H19F5O2/c1-14-12-32-25(33-13-14)6-4-16-8-22(28)20(7-15(16)2)17-3-5-19(21(27)9-17)18-10-23(29)26(31)24(30)11-18/h3,5,7-11,14,25H,12-13H2,1-2H3. The third-order valence-corrected chi connectivity index (χ3v) is 5.28. The molecule has 0 radical (unpaired) electrons. The van der Waals surface area contributed by atoms with Gasteiger partial charge >= 0.3 is 0 Å². The molecule has 0 aromatic heterocycles. The molecule has 0 unspecified atom stereocenters. The van der Waals surface area contributed by atoms with Crippen molar-refractivity contribution in [1.82, 2.24) is 0 Å². The molecule has 0 spiro atoms. The van der Waals surface area contributed by atoms with Crippen molar-refractivity contribution in [2.75, 3.05) is 13.2 Å². The van der Waals surface area contributed by atoms with Crippen LogP contribution in [0.5, 0.6) is 0 Å². The minimum absolute atomic E-state index is 0.138. The first-order chi connectivity index (χ1) is 15.7. The second-order valence-corrected chi connectivity index (χ2v) is 7.97. The Morgan fingerprint density at radius 1 is 0.758 bits per heavy atom. The fourth-order valence-corrected chi connectivity index (χ4v) is 3.48. The number of benzene rings is 3. The largest absolute Gasteiger partial charge is 0.342 e. The van der Waals surface area contributed by atoms with E-state index in [1.54, 1.807) is 6.92 Å². The molecule has 2 nitrogen and oxygen atoms in total. The maximum absolute atomic E-state index is 14.8. The summed E-state index contributed by atoms with van der Waals surface area (Å²) in [5, 5.41) is 0. The molecule has 0 atom stereocenters. The van der Waals surface area contributed by atoms with Crippen molar-refractivity contribution in [2.45, 2.75) is 20.1 Å². The van der Waals surface area contributed by atoms with E-state index < -0.39 is 35.4 Å². The molecule has 0 saturated carbocycles. The predicted octanol–water partition coefficient (Wildman–Crippen LogP) is 6.39. The average molecular weight is 458 g/mol. The number of rotatable bonds is 2. The molecule has 1 heterocycles. The van der Waals surface area contributed by atoms with Crippen LogP contribution in [0, 0.1) is 53.8 Å². The monoisotopic (exact) mass is 458 g/mol. The molecule has 1 fully saturated rings. The van der Waals surface area contributed by atoms with Gasteiger partial charge in [0.25, 0.3) is 0 Å². The zero-order valence-corrected chi connectivity index (χ0v) is 17.8. The maximum atomic E-state index is 14.8. The summed E-state index contributed by atoms with van der Waals surface area (Å²) >= 11 is 0. The van der Waals surface area contributed by atoms with Gasteiger partial charge in [-0.25, -0.2) is 22.0 Å². The lowest BCUT2D eigenvalue weighted by molar-refractivity contribution is -0.165. The first kappa shape index (κ1) is 23.0. The maximum Gasteiger partial charge on any atom is 0.222 e. The molecule has 0 aliphatic carbocycles. The number of halogens is 5. The highest BCUT2D eigenvalue weighted by atomic mass is 19.2. The summed E-state index contributed by atoms with van der Waals surface area (Å²) in [5.74, 6) is 0.0370. The van der Waals surface area contributed by atoms with E-state index in [-0.39, 0.29) is 28.2 Å². The zero-order chi connectivity index (χ0) is 23.7. The zero-order valence-electron chi connectivity index (χ0n) is 17.8. The van der Waals surface area contributed by atoms with Gasteiger partial charge in [-0.2, -0.15) is 0 Å². The fourth-order valence-electron chi connectivity index (χ4n) is 3.48. The molecule has 3 aromatic carbocycles. The highest BCUT2D eigenvalue weighted by molar-refractivity contribution is 5.72. The molecule has 170 valence electrons. The van der Waals surface area contributed by atoms with E-state index in [1.165, 1.54) is 24.3 Å². The van der Waals surface area contributed by atoms with Crippen molar-refractivity contribution in [1.29, 1.82) is 0 Å². The molecular formula is C26H19F5O2. The molecule has 7 heteroatoms. The van der Waals surface area contributed by atoms with E-state index in [0.29, 0.717) is 36.5 Å². The van der Waals surface area contributed by atoms with Crippen LogP contribution in [0.3, 0.4) is 0 Å². The van der Waals surface area contributed by atoms with Crippen LogP contribution in [0.1, 0.15) is 18.1 Å². The first-order valence-corrected chi connectivity index (χ1v) is 10.2. The smallest absolute Gasteiger partial charge is 0.222 e. The Bertz CT molecular complexity index is 1240. The Kier molecular flexibility index (Phi) is 6.50. The molecule has 0 bridgehead atoms. The number of aryl methyl sites for hydroxylation is 1. The van der Waals surface area contributed by atoms with Crippen LogP contribution in [0.2, 0.25) is 0 Å². The van der Waals surface area contributed by atoms with Crippen LogP contribution in [0.15, 0.2) is 42.5 Å². The van der Waals surface area contributed by atoms with Crippen molar-refractivity contribution in [2.24, 2.45) is 5.92 Å². The van der Waals surface area contributed by atoms with E-state index in [0.717, 1.165) is 6.07 Å². The molecule has 1 aliphatic rings. The summed E-state index contributed by atoms with van der Waals surface area (Å²) in [6.45, 7) is 4.80. The van der Waals surface area contributed by atoms with Gasteiger partial charge < -0.3 is 9.47 Å². The van der Waals surface area contributed by atoms with E-state index >= 15 is 0 Å². The van der Waals surface area contributed by atoms with Crippen LogP contribution in [0.4, 0.5) is 22.0 Å². The van der Waals surface area contributed by atoms with E-state index in [9.17, 15) is 22.0 Å². The van der Waals surface area contributed by atoms with Crippen LogP contribution < -0.4 is 0 Å². The summed E-state index contributed by atoms with van der Waals surface area (Å²) in [6.07, 6.45) is -0.675. The molecular weight excluding hydrogens is 439 g/mol. The van der Waals surface area contributed by atoms with Crippen LogP contribution in [-0.2, 0) is 9.47 Å². The number of hydrogen-bond acceptors (Lipinski definition) is 2. The van der Waals surface area contributed by atoms with Crippen molar-refractivity contribution in [3.63, 3.8) is 0 Å². The van der Waals surface area contributed by atoms with Crippen molar-refractivity contribution in [3.05, 3.63) is 82.7 Å². The lowest BCUT2D eigenvalue weighted by Crippen LogP contribution is -2.29. The summed E-state index contributed by atoms with van der Waals surface area (Å²) in [5.41, 5.74) is 1.16. The summed E-state index contributed by atoms with van der Waals surface area (Å²) in [7, 11) is 0. The molecule has 1 saturated heterocycles. The molecule has 3 aromatic rings. The van der Waals surface area contributed by atoms with Gasteiger partial charge in [0.15, 0.2) is 17.5 Å². The van der Waals surface area contributed by atoms with Gasteiger partial charge in [-0.1, -0.05) is 25.0 Å². The Labute approximate surface area is 188 Å². The third-order valence-electron chi connectivity index (χ3n) is 5.28. The lowest BCUT2D eigenvalue weighted by Gasteiger charge is -2.23. The van der Waals surface area contributed by atoms with E-state index in [4.69, 9.17) is 9.47 Å². The first-order valence-electron chi connectivity index (χ1n) is 10.2. The summed E-state index contributed by atoms with van der Waals surface area (Å²) in [6, 6.07) is 7.94. The highest BCUT2D eigenvalue weighted by Gasteiger charge is 2.18. The minimum atomic E-state index is -1.63. The SMILES string of the molecule is Cc1cc(-c2ccc(-c3cc(F)c(F)c(F)c3)c(F)c2)c(F)cc1C#CC1OCC(C)CO1. The van der Waals surface area contributed by atoms with Gasteiger partial charge in [-0.3, -0.25) is 0 Å². The number of ether oxygens (including phenoxy) is 2. The fraction of sp³-hybridized carbons (Fsp3) is 0.231. The quantitative estimate of drug-likeness (QED) is 0.252. The summed E-state index contributed by atoms with van der Waals surface area (Å²) in [4.78, 5) is 0. The highest BCUT2D eigenvalue weighted by Crippen LogP contribution is 2.32. The summed E-state index contributed by atoms with van der Waals surface area (Å²) < 4.78 is 80.7. The molecule has 4 rings (SSSR count). The predicted molar refractivity (Wildman–Crippen MR) is 114 cm³/mol. The van der Waals surface area contributed by atoms with E-state index in [1.807, 2.05) is 6.92 Å². The van der Waals surface area contributed by atoms with Crippen molar-refractivity contribution in [3.8, 4) is 34.1 Å². The van der Waals surface area contributed by atoms with Gasteiger partial charge in [-0.15, -0.1) is 0 Å². The van der Waals surface area contributed by atoms with Gasteiger partial charge in [-0.05, 0) is 59.9 Å². The molecule has 1 aliphatic heterocycles. The average Bonchev–Trinajstić information content (AvgIpc) is 2.78. The minimum Gasteiger partial charge on any atom is -0.342 e. The lowest BCUT2D eigenvalue weighted by atomic mass is 9.96. The second kappa shape index (κ2) is 9.34. The Hall–Kier alpha value is -3.21. The second-order valence-electron chi connectivity index (χ2n) is 7.97. The Balaban J connectivity index is 1.62. The van der Waals surface area contributed by atoms with Crippen LogP contribution >= 0.6 is 0 Å². The van der Waals surface area contributed by atoms with Crippen molar-refractivity contribution < 1.29 is 31.4 Å². The van der Waals surface area contributed by atoms with Crippen LogP contribution in [-0.4, -0.2) is 19.5 Å². The van der Waals surface area contributed by atoms with Crippen molar-refractivity contribution >= 4 is 0 Å². The molecule has 0 N–H and O–H groups in total. The molecule has 33 heavy (non-hydrogen) atoms.